The Kier molecular flexibility index (Phi) is 5.22. The van der Waals surface area contributed by atoms with Crippen molar-refractivity contribution in [3.63, 3.8) is 0 Å². The number of rotatable bonds is 5. The predicted molar refractivity (Wildman–Crippen MR) is 100 cm³/mol. The second-order valence-corrected chi connectivity index (χ2v) is 6.93. The average molecular weight is 373 g/mol. The molecule has 6 nitrogen and oxygen atoms in total. The molecule has 4 rings (SSSR count). The molecule has 2 saturated heterocycles. The van der Waals surface area contributed by atoms with E-state index in [1.54, 1.807) is 13.0 Å². The van der Waals surface area contributed by atoms with Crippen LogP contribution in [0.5, 0.6) is 0 Å². The van der Waals surface area contributed by atoms with Crippen LogP contribution < -0.4 is 5.32 Å². The van der Waals surface area contributed by atoms with Gasteiger partial charge < -0.3 is 19.4 Å². The Balaban J connectivity index is 1.80. The van der Waals surface area contributed by atoms with Crippen molar-refractivity contribution in [3.8, 4) is 0 Å². The normalized spacial score (nSPS) is 19.8. The molecule has 1 aromatic heterocycles. The van der Waals surface area contributed by atoms with Gasteiger partial charge in [0.25, 0.3) is 0 Å². The summed E-state index contributed by atoms with van der Waals surface area (Å²) in [6.45, 7) is 5.05. The smallest absolute Gasteiger partial charge is 0.341 e. The third-order valence-corrected chi connectivity index (χ3v) is 5.13. The Bertz CT molecular complexity index is 878. The van der Waals surface area contributed by atoms with Gasteiger partial charge in [0, 0.05) is 6.61 Å². The van der Waals surface area contributed by atoms with E-state index in [-0.39, 0.29) is 18.3 Å². The van der Waals surface area contributed by atoms with Gasteiger partial charge in [-0.2, -0.15) is 0 Å². The van der Waals surface area contributed by atoms with Gasteiger partial charge >= 0.3 is 5.97 Å². The van der Waals surface area contributed by atoms with Crippen molar-refractivity contribution in [1.29, 1.82) is 0 Å². The average Bonchev–Trinajstić information content (AvgIpc) is 2.97. The molecule has 144 valence electrons. The van der Waals surface area contributed by atoms with E-state index in [1.807, 2.05) is 4.57 Å². The molecule has 0 saturated carbocycles. The molecule has 1 aromatic carbocycles. The zero-order valence-corrected chi connectivity index (χ0v) is 15.5. The first-order chi connectivity index (χ1) is 13.2. The fraction of sp³-hybridized carbons (Fsp3) is 0.500. The van der Waals surface area contributed by atoms with Gasteiger partial charge in [-0.25, -0.2) is 14.2 Å². The number of aromatic nitrogens is 2. The maximum Gasteiger partial charge on any atom is 0.341 e. The first-order valence-electron chi connectivity index (χ1n) is 9.55. The van der Waals surface area contributed by atoms with Gasteiger partial charge in [-0.1, -0.05) is 5.57 Å². The standard InChI is InChI=1S/C20H24FN3O3/c1-2-26-20(25)15-3-4-16-19(18(15)21)24(12-14-7-10-27-14)17(23-16)11-13-5-8-22-9-6-13/h3-4,11,14,22H,2,5-10,12H2,1H3/t14-/m0/s1. The number of hydrogen-bond donors (Lipinski definition) is 1. The minimum Gasteiger partial charge on any atom is -0.462 e. The van der Waals surface area contributed by atoms with Crippen molar-refractivity contribution >= 4 is 23.1 Å². The number of hydrogen-bond acceptors (Lipinski definition) is 5. The van der Waals surface area contributed by atoms with Crippen LogP contribution in [0, 0.1) is 5.82 Å². The van der Waals surface area contributed by atoms with Crippen LogP contribution in [0.25, 0.3) is 17.1 Å². The molecule has 1 atom stereocenters. The summed E-state index contributed by atoms with van der Waals surface area (Å²) < 4.78 is 27.6. The predicted octanol–water partition coefficient (Wildman–Crippen LogP) is 2.91. The molecule has 0 spiro atoms. The number of halogens is 1. The van der Waals surface area contributed by atoms with Crippen molar-refractivity contribution in [2.45, 2.75) is 38.8 Å². The Morgan fingerprint density at radius 2 is 2.22 bits per heavy atom. The topological polar surface area (TPSA) is 65.4 Å². The van der Waals surface area contributed by atoms with Crippen LogP contribution in [0.2, 0.25) is 0 Å². The molecule has 0 amide bonds. The van der Waals surface area contributed by atoms with Crippen LogP contribution in [0.15, 0.2) is 17.7 Å². The fourth-order valence-electron chi connectivity index (χ4n) is 3.57. The lowest BCUT2D eigenvalue weighted by Gasteiger charge is -2.27. The number of nitrogens with zero attached hydrogens (tertiary/aromatic N) is 2. The molecular formula is C20H24FN3O3. The van der Waals surface area contributed by atoms with Crippen LogP contribution in [-0.2, 0) is 16.0 Å². The molecule has 1 N–H and O–H groups in total. The van der Waals surface area contributed by atoms with Crippen molar-refractivity contribution in [2.24, 2.45) is 0 Å². The number of piperidine rings is 1. The molecule has 0 aliphatic carbocycles. The summed E-state index contributed by atoms with van der Waals surface area (Å²) in [4.78, 5) is 16.7. The fourth-order valence-corrected chi connectivity index (χ4v) is 3.57. The SMILES string of the molecule is CCOC(=O)c1ccc2nc(C=C3CCNCC3)n(C[C@@H]3CCO3)c2c1F. The molecule has 27 heavy (non-hydrogen) atoms. The third kappa shape index (κ3) is 3.61. The molecule has 2 aliphatic heterocycles. The highest BCUT2D eigenvalue weighted by molar-refractivity contribution is 5.94. The Morgan fingerprint density at radius 3 is 2.89 bits per heavy atom. The lowest BCUT2D eigenvalue weighted by molar-refractivity contribution is -0.0588. The van der Waals surface area contributed by atoms with Crippen LogP contribution in [0.1, 0.15) is 42.4 Å². The number of esters is 1. The van der Waals surface area contributed by atoms with Crippen molar-refractivity contribution in [1.82, 2.24) is 14.9 Å². The molecule has 2 aromatic rings. The number of imidazole rings is 1. The van der Waals surface area contributed by atoms with E-state index in [2.05, 4.69) is 16.4 Å². The van der Waals surface area contributed by atoms with Crippen molar-refractivity contribution in [2.75, 3.05) is 26.3 Å². The van der Waals surface area contributed by atoms with Gasteiger partial charge in [0.2, 0.25) is 0 Å². The van der Waals surface area contributed by atoms with E-state index in [1.165, 1.54) is 11.6 Å². The largest absolute Gasteiger partial charge is 0.462 e. The quantitative estimate of drug-likeness (QED) is 0.817. The highest BCUT2D eigenvalue weighted by atomic mass is 19.1. The number of nitrogens with one attached hydrogen (secondary N) is 1. The number of benzene rings is 1. The molecule has 3 heterocycles. The molecule has 7 heteroatoms. The lowest BCUT2D eigenvalue weighted by Crippen LogP contribution is -2.31. The molecular weight excluding hydrogens is 349 g/mol. The Morgan fingerprint density at radius 1 is 1.44 bits per heavy atom. The minimum absolute atomic E-state index is 0.0539. The van der Waals surface area contributed by atoms with Gasteiger partial charge in [-0.3, -0.25) is 0 Å². The maximum absolute atomic E-state index is 15.2. The zero-order chi connectivity index (χ0) is 18.8. The summed E-state index contributed by atoms with van der Waals surface area (Å²) in [5.74, 6) is -0.507. The summed E-state index contributed by atoms with van der Waals surface area (Å²) in [6.07, 6.45) is 4.97. The molecule has 2 fully saturated rings. The number of carbonyl (C=O) groups is 1. The first kappa shape index (κ1) is 18.1. The number of carbonyl (C=O) groups excluding carboxylic acids is 1. The second-order valence-electron chi connectivity index (χ2n) is 6.93. The summed E-state index contributed by atoms with van der Waals surface area (Å²) in [6, 6.07) is 3.14. The molecule has 2 aliphatic rings. The monoisotopic (exact) mass is 373 g/mol. The second kappa shape index (κ2) is 7.78. The summed E-state index contributed by atoms with van der Waals surface area (Å²) in [7, 11) is 0. The highest BCUT2D eigenvalue weighted by Crippen LogP contribution is 2.27. The minimum atomic E-state index is -0.650. The van der Waals surface area contributed by atoms with Crippen molar-refractivity contribution in [3.05, 3.63) is 34.9 Å². The van der Waals surface area contributed by atoms with Crippen LogP contribution in [-0.4, -0.2) is 47.9 Å². The zero-order valence-electron chi connectivity index (χ0n) is 15.5. The maximum atomic E-state index is 15.2. The summed E-state index contributed by atoms with van der Waals surface area (Å²) in [5, 5.41) is 3.33. The van der Waals surface area contributed by atoms with E-state index in [9.17, 15) is 4.79 Å². The van der Waals surface area contributed by atoms with Gasteiger partial charge in [0.05, 0.1) is 30.3 Å². The van der Waals surface area contributed by atoms with Gasteiger partial charge in [-0.05, 0) is 57.5 Å². The number of fused-ring (bicyclic) bond motifs is 1. The van der Waals surface area contributed by atoms with E-state index in [4.69, 9.17) is 9.47 Å². The van der Waals surface area contributed by atoms with Crippen molar-refractivity contribution < 1.29 is 18.7 Å². The lowest BCUT2D eigenvalue weighted by atomic mass is 10.1. The van der Waals surface area contributed by atoms with E-state index >= 15 is 4.39 Å². The van der Waals surface area contributed by atoms with E-state index < -0.39 is 11.8 Å². The summed E-state index contributed by atoms with van der Waals surface area (Å²) >= 11 is 0. The van der Waals surface area contributed by atoms with Gasteiger partial charge in [-0.15, -0.1) is 0 Å². The molecule has 0 unspecified atom stereocenters. The first-order valence-corrected chi connectivity index (χ1v) is 9.55. The highest BCUT2D eigenvalue weighted by Gasteiger charge is 2.25. The Hall–Kier alpha value is -2.25. The molecule has 0 bridgehead atoms. The van der Waals surface area contributed by atoms with Gasteiger partial charge in [0.15, 0.2) is 5.82 Å². The third-order valence-electron chi connectivity index (χ3n) is 5.13. The molecule has 0 radical (unpaired) electrons. The van der Waals surface area contributed by atoms with Crippen LogP contribution >= 0.6 is 0 Å². The van der Waals surface area contributed by atoms with Gasteiger partial charge in [0.1, 0.15) is 11.3 Å². The van der Waals surface area contributed by atoms with Crippen LogP contribution in [0.4, 0.5) is 4.39 Å². The summed E-state index contributed by atoms with van der Waals surface area (Å²) in [5.41, 5.74) is 2.13. The van der Waals surface area contributed by atoms with E-state index in [0.717, 1.165) is 44.8 Å². The van der Waals surface area contributed by atoms with E-state index in [0.29, 0.717) is 17.6 Å². The Labute approximate surface area is 157 Å². The van der Waals surface area contributed by atoms with Crippen LogP contribution in [0.3, 0.4) is 0 Å². The number of ether oxygens (including phenoxy) is 2.